The minimum atomic E-state index is -3.75. The van der Waals surface area contributed by atoms with Crippen molar-refractivity contribution in [3.63, 3.8) is 0 Å². The van der Waals surface area contributed by atoms with Gasteiger partial charge in [-0.3, -0.25) is 4.79 Å². The van der Waals surface area contributed by atoms with E-state index in [1.807, 2.05) is 0 Å². The molecule has 0 heterocycles. The summed E-state index contributed by atoms with van der Waals surface area (Å²) in [5.74, 6) is -5.53. The van der Waals surface area contributed by atoms with Crippen LogP contribution in [-0.4, -0.2) is 26.2 Å². The van der Waals surface area contributed by atoms with Gasteiger partial charge in [-0.2, -0.15) is 8.78 Å². The molecule has 0 aliphatic rings. The number of hydrogen-bond donors (Lipinski definition) is 1. The molecule has 94 valence electrons. The van der Waals surface area contributed by atoms with E-state index in [1.54, 1.807) is 0 Å². The molecule has 17 heavy (non-hydrogen) atoms. The van der Waals surface area contributed by atoms with Gasteiger partial charge >= 0.3 is 5.92 Å². The van der Waals surface area contributed by atoms with Crippen molar-refractivity contribution < 1.29 is 23.0 Å². The van der Waals surface area contributed by atoms with Crippen molar-refractivity contribution in [1.82, 2.24) is 0 Å². The normalized spacial score (nSPS) is 11.2. The minimum absolute atomic E-state index is 0.0756. The Morgan fingerprint density at radius 2 is 2.00 bits per heavy atom. The topological polar surface area (TPSA) is 61.6 Å². The van der Waals surface area contributed by atoms with E-state index in [0.717, 1.165) is 6.07 Å². The molecule has 0 fully saturated rings. The van der Waals surface area contributed by atoms with Crippen LogP contribution in [0.3, 0.4) is 0 Å². The van der Waals surface area contributed by atoms with E-state index in [2.05, 4.69) is 5.73 Å². The Balaban J connectivity index is 2.95. The second-order valence-corrected chi connectivity index (χ2v) is 3.28. The van der Waals surface area contributed by atoms with E-state index < -0.39 is 17.4 Å². The number of hydrogen-bond acceptors (Lipinski definition) is 3. The lowest BCUT2D eigenvalue weighted by Gasteiger charge is -2.17. The lowest BCUT2D eigenvalue weighted by molar-refractivity contribution is -0.143. The first kappa shape index (κ1) is 13.4. The second kappa shape index (κ2) is 5.58. The SMILES string of the molecule is COCCOc1ccccc1C(F)(F)C(N)=O. The van der Waals surface area contributed by atoms with Crippen LogP contribution >= 0.6 is 0 Å². The van der Waals surface area contributed by atoms with Crippen molar-refractivity contribution in [2.24, 2.45) is 5.73 Å². The van der Waals surface area contributed by atoms with Crippen molar-refractivity contribution in [3.05, 3.63) is 29.8 Å². The summed E-state index contributed by atoms with van der Waals surface area (Å²) < 4.78 is 36.8. The largest absolute Gasteiger partial charge is 0.491 e. The van der Waals surface area contributed by atoms with Gasteiger partial charge in [0.05, 0.1) is 12.2 Å². The van der Waals surface area contributed by atoms with Crippen LogP contribution < -0.4 is 10.5 Å². The summed E-state index contributed by atoms with van der Waals surface area (Å²) in [4.78, 5) is 10.7. The van der Waals surface area contributed by atoms with Gasteiger partial charge in [0.15, 0.2) is 0 Å². The summed E-state index contributed by atoms with van der Waals surface area (Å²) >= 11 is 0. The van der Waals surface area contributed by atoms with Crippen LogP contribution in [-0.2, 0) is 15.5 Å². The molecular weight excluding hydrogens is 232 g/mol. The molecule has 1 aromatic carbocycles. The maximum Gasteiger partial charge on any atom is 0.353 e. The molecule has 0 aliphatic carbocycles. The number of para-hydroxylation sites is 1. The van der Waals surface area contributed by atoms with Crippen LogP contribution in [0.1, 0.15) is 5.56 Å². The predicted octanol–water partition coefficient (Wildman–Crippen LogP) is 1.29. The second-order valence-electron chi connectivity index (χ2n) is 3.28. The number of carbonyl (C=O) groups is 1. The molecule has 0 unspecified atom stereocenters. The number of alkyl halides is 2. The minimum Gasteiger partial charge on any atom is -0.491 e. The lowest BCUT2D eigenvalue weighted by Crippen LogP contribution is -2.33. The van der Waals surface area contributed by atoms with E-state index >= 15 is 0 Å². The molecule has 0 spiro atoms. The summed E-state index contributed by atoms with van der Waals surface area (Å²) in [6, 6.07) is 5.37. The van der Waals surface area contributed by atoms with E-state index in [9.17, 15) is 13.6 Å². The number of methoxy groups -OCH3 is 1. The monoisotopic (exact) mass is 245 g/mol. The zero-order chi connectivity index (χ0) is 12.9. The van der Waals surface area contributed by atoms with E-state index in [0.29, 0.717) is 0 Å². The number of ether oxygens (including phenoxy) is 2. The van der Waals surface area contributed by atoms with Gasteiger partial charge in [-0.15, -0.1) is 0 Å². The summed E-state index contributed by atoms with van der Waals surface area (Å²) in [5, 5.41) is 0. The summed E-state index contributed by atoms with van der Waals surface area (Å²) in [5.41, 5.74) is 4.12. The van der Waals surface area contributed by atoms with Crippen molar-refractivity contribution in [2.75, 3.05) is 20.3 Å². The Bertz CT molecular complexity index is 396. The first-order valence-electron chi connectivity index (χ1n) is 4.89. The van der Waals surface area contributed by atoms with Crippen molar-refractivity contribution >= 4 is 5.91 Å². The van der Waals surface area contributed by atoms with E-state index in [4.69, 9.17) is 9.47 Å². The van der Waals surface area contributed by atoms with Gasteiger partial charge in [-0.05, 0) is 12.1 Å². The molecular formula is C11H13F2NO3. The van der Waals surface area contributed by atoms with Gasteiger partial charge in [0.2, 0.25) is 0 Å². The number of rotatable bonds is 6. The van der Waals surface area contributed by atoms with Gasteiger partial charge in [-0.25, -0.2) is 0 Å². The van der Waals surface area contributed by atoms with Crippen molar-refractivity contribution in [2.45, 2.75) is 5.92 Å². The highest BCUT2D eigenvalue weighted by atomic mass is 19.3. The molecule has 0 saturated carbocycles. The number of halogens is 2. The molecule has 1 amide bonds. The molecule has 0 radical (unpaired) electrons. The van der Waals surface area contributed by atoms with Gasteiger partial charge in [-0.1, -0.05) is 12.1 Å². The molecule has 6 heteroatoms. The van der Waals surface area contributed by atoms with Crippen LogP contribution in [0.15, 0.2) is 24.3 Å². The predicted molar refractivity (Wildman–Crippen MR) is 56.9 cm³/mol. The molecule has 0 bridgehead atoms. The average molecular weight is 245 g/mol. The third-order valence-electron chi connectivity index (χ3n) is 2.08. The third kappa shape index (κ3) is 3.13. The summed E-state index contributed by atoms with van der Waals surface area (Å²) in [6.45, 7) is 0.374. The van der Waals surface area contributed by atoms with Crippen LogP contribution in [0, 0.1) is 0 Å². The molecule has 1 aromatic rings. The quantitative estimate of drug-likeness (QED) is 0.768. The number of carbonyl (C=O) groups excluding carboxylic acids is 1. The van der Waals surface area contributed by atoms with E-state index in [1.165, 1.54) is 25.3 Å². The zero-order valence-electron chi connectivity index (χ0n) is 9.28. The van der Waals surface area contributed by atoms with Crippen LogP contribution in [0.5, 0.6) is 5.75 Å². The van der Waals surface area contributed by atoms with Gasteiger partial charge in [0, 0.05) is 7.11 Å². The fourth-order valence-electron chi connectivity index (χ4n) is 1.22. The summed E-state index contributed by atoms with van der Waals surface area (Å²) in [6.07, 6.45) is 0. The van der Waals surface area contributed by atoms with Gasteiger partial charge in [0.1, 0.15) is 12.4 Å². The summed E-state index contributed by atoms with van der Waals surface area (Å²) in [7, 11) is 1.47. The van der Waals surface area contributed by atoms with Crippen molar-refractivity contribution in [3.8, 4) is 5.75 Å². The van der Waals surface area contributed by atoms with Crippen LogP contribution in [0.25, 0.3) is 0 Å². The molecule has 1 rings (SSSR count). The van der Waals surface area contributed by atoms with E-state index in [-0.39, 0.29) is 19.0 Å². The first-order valence-corrected chi connectivity index (χ1v) is 4.89. The fourth-order valence-corrected chi connectivity index (χ4v) is 1.22. The molecule has 0 atom stereocenters. The third-order valence-corrected chi connectivity index (χ3v) is 2.08. The average Bonchev–Trinajstić information content (AvgIpc) is 2.29. The Hall–Kier alpha value is -1.69. The van der Waals surface area contributed by atoms with Crippen LogP contribution in [0.2, 0.25) is 0 Å². The maximum atomic E-state index is 13.5. The molecule has 4 nitrogen and oxygen atoms in total. The fraction of sp³-hybridized carbons (Fsp3) is 0.364. The smallest absolute Gasteiger partial charge is 0.353 e. The Morgan fingerprint density at radius 3 is 2.59 bits per heavy atom. The number of primary amides is 1. The Labute approximate surface area is 97.3 Å². The number of benzene rings is 1. The molecule has 0 saturated heterocycles. The lowest BCUT2D eigenvalue weighted by atomic mass is 10.1. The van der Waals surface area contributed by atoms with Crippen molar-refractivity contribution in [1.29, 1.82) is 0 Å². The highest BCUT2D eigenvalue weighted by Gasteiger charge is 2.41. The van der Waals surface area contributed by atoms with Crippen LogP contribution in [0.4, 0.5) is 8.78 Å². The Kier molecular flexibility index (Phi) is 4.39. The number of nitrogens with two attached hydrogens (primary N) is 1. The van der Waals surface area contributed by atoms with Gasteiger partial charge < -0.3 is 15.2 Å². The highest BCUT2D eigenvalue weighted by molar-refractivity contribution is 5.83. The standard InChI is InChI=1S/C11H13F2NO3/c1-16-6-7-17-9-5-3-2-4-8(9)11(12,13)10(14)15/h2-5H,6-7H2,1H3,(H2,14,15). The molecule has 0 aromatic heterocycles. The molecule has 2 N–H and O–H groups in total. The van der Waals surface area contributed by atoms with Gasteiger partial charge in [0.25, 0.3) is 5.91 Å². The Morgan fingerprint density at radius 1 is 1.35 bits per heavy atom. The molecule has 0 aliphatic heterocycles. The highest BCUT2D eigenvalue weighted by Crippen LogP contribution is 2.34. The number of amides is 1. The zero-order valence-corrected chi connectivity index (χ0v) is 9.28. The first-order chi connectivity index (χ1) is 8.00. The maximum absolute atomic E-state index is 13.5.